The molecule has 1 aromatic carbocycles. The summed E-state index contributed by atoms with van der Waals surface area (Å²) >= 11 is 1.66. The second-order valence-electron chi connectivity index (χ2n) is 8.07. The van der Waals surface area contributed by atoms with Gasteiger partial charge < -0.3 is 15.2 Å². The van der Waals surface area contributed by atoms with E-state index in [-0.39, 0.29) is 11.9 Å². The average molecular weight is 418 g/mol. The predicted molar refractivity (Wildman–Crippen MR) is 116 cm³/mol. The van der Waals surface area contributed by atoms with Crippen LogP contribution in [0.3, 0.4) is 0 Å². The maximum Gasteiger partial charge on any atom is 0.323 e. The molecule has 1 heterocycles. The highest BCUT2D eigenvalue weighted by Gasteiger charge is 2.22. The van der Waals surface area contributed by atoms with Gasteiger partial charge in [-0.2, -0.15) is 0 Å². The molecule has 0 aliphatic heterocycles. The molecule has 0 aliphatic carbocycles. The van der Waals surface area contributed by atoms with Crippen LogP contribution in [0, 0.1) is 0 Å². The third kappa shape index (κ3) is 9.24. The van der Waals surface area contributed by atoms with Crippen molar-refractivity contribution in [2.45, 2.75) is 71.1 Å². The van der Waals surface area contributed by atoms with Gasteiger partial charge in [-0.3, -0.25) is 9.59 Å². The summed E-state index contributed by atoms with van der Waals surface area (Å²) in [6.45, 7) is 5.82. The zero-order valence-electron chi connectivity index (χ0n) is 17.5. The van der Waals surface area contributed by atoms with E-state index in [9.17, 15) is 9.59 Å². The smallest absolute Gasteiger partial charge is 0.323 e. The molecule has 0 saturated heterocycles. The van der Waals surface area contributed by atoms with Gasteiger partial charge in [-0.25, -0.2) is 0 Å². The molecule has 1 aromatic heterocycles. The lowest BCUT2D eigenvalue weighted by Gasteiger charge is -2.21. The highest BCUT2D eigenvalue weighted by Crippen LogP contribution is 2.21. The standard InChI is InChI=1S/C23H31NO4S/c1-23(2,3)28-22(26)20(24)15-19-14-13-18(29-19)11-7-8-12-21(25)27-16-17-9-5-4-6-10-17/h4-6,9-10,13-14,20H,7-8,11-12,15-16,24H2,1-3H3. The second-order valence-corrected chi connectivity index (χ2v) is 9.32. The summed E-state index contributed by atoms with van der Waals surface area (Å²) in [6, 6.07) is 13.1. The van der Waals surface area contributed by atoms with Crippen molar-refractivity contribution in [1.82, 2.24) is 0 Å². The SMILES string of the molecule is CC(C)(C)OC(=O)C(N)Cc1ccc(CCCCC(=O)OCc2ccccc2)s1. The highest BCUT2D eigenvalue weighted by molar-refractivity contribution is 7.12. The van der Waals surface area contributed by atoms with Gasteiger partial charge in [-0.1, -0.05) is 30.3 Å². The number of hydrogen-bond acceptors (Lipinski definition) is 6. The molecule has 2 aromatic rings. The van der Waals surface area contributed by atoms with Crippen molar-refractivity contribution in [2.75, 3.05) is 0 Å². The Balaban J connectivity index is 1.64. The summed E-state index contributed by atoms with van der Waals surface area (Å²) in [4.78, 5) is 26.1. The van der Waals surface area contributed by atoms with E-state index in [0.29, 0.717) is 19.4 Å². The van der Waals surface area contributed by atoms with Gasteiger partial charge in [0.2, 0.25) is 0 Å². The molecule has 5 nitrogen and oxygen atoms in total. The number of carbonyl (C=O) groups is 2. The van der Waals surface area contributed by atoms with Gasteiger partial charge in [-0.15, -0.1) is 11.3 Å². The van der Waals surface area contributed by atoms with Crippen molar-refractivity contribution >= 4 is 23.3 Å². The molecular formula is C23H31NO4S. The molecular weight excluding hydrogens is 386 g/mol. The van der Waals surface area contributed by atoms with E-state index in [1.807, 2.05) is 57.2 Å². The summed E-state index contributed by atoms with van der Waals surface area (Å²) in [5.41, 5.74) is 6.44. The number of thiophene rings is 1. The Bertz CT molecular complexity index is 780. The summed E-state index contributed by atoms with van der Waals surface area (Å²) in [5.74, 6) is -0.537. The lowest BCUT2D eigenvalue weighted by molar-refractivity contribution is -0.156. The summed E-state index contributed by atoms with van der Waals surface area (Å²) in [7, 11) is 0. The summed E-state index contributed by atoms with van der Waals surface area (Å²) < 4.78 is 10.6. The minimum absolute atomic E-state index is 0.163. The van der Waals surface area contributed by atoms with Crippen LogP contribution in [0.1, 0.15) is 55.4 Å². The van der Waals surface area contributed by atoms with Gasteiger partial charge >= 0.3 is 11.9 Å². The molecule has 2 rings (SSSR count). The van der Waals surface area contributed by atoms with E-state index in [2.05, 4.69) is 6.07 Å². The van der Waals surface area contributed by atoms with Crippen LogP contribution in [0.5, 0.6) is 0 Å². The Labute approximate surface area is 177 Å². The average Bonchev–Trinajstić information content (AvgIpc) is 3.10. The number of carbonyl (C=O) groups excluding carboxylic acids is 2. The molecule has 2 N–H and O–H groups in total. The minimum Gasteiger partial charge on any atom is -0.461 e. The van der Waals surface area contributed by atoms with Crippen LogP contribution < -0.4 is 5.73 Å². The highest BCUT2D eigenvalue weighted by atomic mass is 32.1. The first-order chi connectivity index (χ1) is 13.7. The summed E-state index contributed by atoms with van der Waals surface area (Å²) in [6.07, 6.45) is 3.51. The fraction of sp³-hybridized carbons (Fsp3) is 0.478. The lowest BCUT2D eigenvalue weighted by atomic mass is 10.1. The van der Waals surface area contributed by atoms with Crippen LogP contribution >= 0.6 is 11.3 Å². The quantitative estimate of drug-likeness (QED) is 0.457. The fourth-order valence-electron chi connectivity index (χ4n) is 2.72. The fourth-order valence-corrected chi connectivity index (χ4v) is 3.84. The van der Waals surface area contributed by atoms with Crippen LogP contribution in [0.25, 0.3) is 0 Å². The summed E-state index contributed by atoms with van der Waals surface area (Å²) in [5, 5.41) is 0. The van der Waals surface area contributed by atoms with Gasteiger partial charge in [0.05, 0.1) is 0 Å². The Hall–Kier alpha value is -2.18. The van der Waals surface area contributed by atoms with E-state index in [1.54, 1.807) is 11.3 Å². The van der Waals surface area contributed by atoms with Crippen LogP contribution in [0.4, 0.5) is 0 Å². The number of hydrogen-bond donors (Lipinski definition) is 1. The Morgan fingerprint density at radius 2 is 1.72 bits per heavy atom. The zero-order chi connectivity index (χ0) is 21.3. The van der Waals surface area contributed by atoms with Crippen LogP contribution in [0.15, 0.2) is 42.5 Å². The maximum atomic E-state index is 12.0. The van der Waals surface area contributed by atoms with Gasteiger partial charge in [0.15, 0.2) is 0 Å². The Morgan fingerprint density at radius 3 is 2.41 bits per heavy atom. The molecule has 0 radical (unpaired) electrons. The number of rotatable bonds is 10. The van der Waals surface area contributed by atoms with Crippen molar-refractivity contribution < 1.29 is 19.1 Å². The van der Waals surface area contributed by atoms with Gasteiger partial charge in [-0.05, 0) is 57.7 Å². The first-order valence-electron chi connectivity index (χ1n) is 9.98. The molecule has 0 saturated carbocycles. The largest absolute Gasteiger partial charge is 0.461 e. The van der Waals surface area contributed by atoms with E-state index in [1.165, 1.54) is 4.88 Å². The molecule has 6 heteroatoms. The van der Waals surface area contributed by atoms with E-state index < -0.39 is 11.6 Å². The maximum absolute atomic E-state index is 12.0. The third-order valence-electron chi connectivity index (χ3n) is 4.14. The number of aryl methyl sites for hydroxylation is 1. The number of benzene rings is 1. The van der Waals surface area contributed by atoms with E-state index in [4.69, 9.17) is 15.2 Å². The molecule has 1 unspecified atom stereocenters. The molecule has 0 amide bonds. The number of ether oxygens (including phenoxy) is 2. The predicted octanol–water partition coefficient (Wildman–Crippen LogP) is 4.42. The van der Waals surface area contributed by atoms with Crippen molar-refractivity contribution in [3.63, 3.8) is 0 Å². The Kier molecular flexibility index (Phi) is 8.86. The lowest BCUT2D eigenvalue weighted by Crippen LogP contribution is -2.38. The zero-order valence-corrected chi connectivity index (χ0v) is 18.3. The van der Waals surface area contributed by atoms with Gasteiger partial charge in [0.25, 0.3) is 0 Å². The topological polar surface area (TPSA) is 78.6 Å². The van der Waals surface area contributed by atoms with Gasteiger partial charge in [0.1, 0.15) is 18.2 Å². The Morgan fingerprint density at radius 1 is 1.03 bits per heavy atom. The van der Waals surface area contributed by atoms with Gasteiger partial charge in [0, 0.05) is 22.6 Å². The first-order valence-corrected chi connectivity index (χ1v) is 10.8. The monoisotopic (exact) mass is 417 g/mol. The number of nitrogens with two attached hydrogens (primary N) is 1. The van der Waals surface area contributed by atoms with Crippen molar-refractivity contribution in [3.8, 4) is 0 Å². The normalized spacial score (nSPS) is 12.4. The van der Waals surface area contributed by atoms with Crippen molar-refractivity contribution in [3.05, 3.63) is 57.8 Å². The first kappa shape index (κ1) is 23.1. The number of unbranched alkanes of at least 4 members (excludes halogenated alkanes) is 1. The molecule has 0 bridgehead atoms. The minimum atomic E-state index is -0.653. The molecule has 0 spiro atoms. The second kappa shape index (κ2) is 11.1. The van der Waals surface area contributed by atoms with E-state index in [0.717, 1.165) is 29.7 Å². The van der Waals surface area contributed by atoms with Crippen molar-refractivity contribution in [1.29, 1.82) is 0 Å². The molecule has 158 valence electrons. The van der Waals surface area contributed by atoms with E-state index >= 15 is 0 Å². The molecule has 0 aliphatic rings. The van der Waals surface area contributed by atoms with Crippen LogP contribution in [-0.2, 0) is 38.5 Å². The third-order valence-corrected chi connectivity index (χ3v) is 5.31. The van der Waals surface area contributed by atoms with Crippen molar-refractivity contribution in [2.24, 2.45) is 5.73 Å². The molecule has 1 atom stereocenters. The van der Waals surface area contributed by atoms with Crippen LogP contribution in [-0.4, -0.2) is 23.6 Å². The molecule has 0 fully saturated rings. The molecule has 29 heavy (non-hydrogen) atoms. The van der Waals surface area contributed by atoms with Crippen LogP contribution in [0.2, 0.25) is 0 Å². The number of esters is 2.